The first-order valence-electron chi connectivity index (χ1n) is 7.92. The molecule has 2 saturated carbocycles. The van der Waals surface area contributed by atoms with Crippen LogP contribution < -0.4 is 5.32 Å². The molecule has 1 aliphatic heterocycles. The van der Waals surface area contributed by atoms with Crippen LogP contribution in [0.15, 0.2) is 30.3 Å². The van der Waals surface area contributed by atoms with Crippen LogP contribution in [-0.4, -0.2) is 30.6 Å². The molecule has 2 nitrogen and oxygen atoms in total. The molecule has 2 atom stereocenters. The molecule has 0 radical (unpaired) electrons. The fraction of sp³-hybridized carbons (Fsp3) is 0.647. The molecule has 1 saturated heterocycles. The molecule has 2 aliphatic carbocycles. The standard InChI is InChI=1S/C17H24N2/c1-2-4-14(5-3-1)16-12-19(11-13-6-7-13)17(10-18-16)15-8-9-15/h1-5,13,15-18H,6-12H2. The van der Waals surface area contributed by atoms with Gasteiger partial charge in [-0.2, -0.15) is 0 Å². The molecule has 4 rings (SSSR count). The lowest BCUT2D eigenvalue weighted by Gasteiger charge is -2.41. The Labute approximate surface area is 116 Å². The molecule has 1 heterocycles. The molecule has 1 N–H and O–H groups in total. The highest BCUT2D eigenvalue weighted by Gasteiger charge is 2.40. The van der Waals surface area contributed by atoms with E-state index in [1.807, 2.05) is 0 Å². The molecule has 1 aromatic rings. The Kier molecular flexibility index (Phi) is 3.08. The maximum absolute atomic E-state index is 3.79. The Morgan fingerprint density at radius 1 is 1.05 bits per heavy atom. The minimum Gasteiger partial charge on any atom is -0.307 e. The Bertz CT molecular complexity index is 422. The predicted molar refractivity (Wildman–Crippen MR) is 78.0 cm³/mol. The maximum atomic E-state index is 3.79. The van der Waals surface area contributed by atoms with Crippen LogP contribution >= 0.6 is 0 Å². The molecule has 19 heavy (non-hydrogen) atoms. The van der Waals surface area contributed by atoms with Crippen LogP contribution in [0.25, 0.3) is 0 Å². The number of piperazine rings is 1. The minimum atomic E-state index is 0.537. The lowest BCUT2D eigenvalue weighted by molar-refractivity contribution is 0.109. The van der Waals surface area contributed by atoms with Crippen LogP contribution in [0.5, 0.6) is 0 Å². The number of benzene rings is 1. The summed E-state index contributed by atoms with van der Waals surface area (Å²) in [4.78, 5) is 2.81. The summed E-state index contributed by atoms with van der Waals surface area (Å²) in [5.74, 6) is 2.00. The second-order valence-electron chi connectivity index (χ2n) is 6.67. The van der Waals surface area contributed by atoms with Crippen LogP contribution in [-0.2, 0) is 0 Å². The summed E-state index contributed by atoms with van der Waals surface area (Å²) < 4.78 is 0. The van der Waals surface area contributed by atoms with Gasteiger partial charge in [-0.1, -0.05) is 30.3 Å². The van der Waals surface area contributed by atoms with Crippen LogP contribution in [0.4, 0.5) is 0 Å². The average Bonchev–Trinajstić information content (AvgIpc) is 3.34. The summed E-state index contributed by atoms with van der Waals surface area (Å²) in [5.41, 5.74) is 1.46. The maximum Gasteiger partial charge on any atom is 0.0449 e. The van der Waals surface area contributed by atoms with E-state index in [-0.39, 0.29) is 0 Å². The fourth-order valence-electron chi connectivity index (χ4n) is 3.52. The van der Waals surface area contributed by atoms with Crippen molar-refractivity contribution in [3.63, 3.8) is 0 Å². The van der Waals surface area contributed by atoms with E-state index in [1.165, 1.54) is 50.9 Å². The molecular weight excluding hydrogens is 232 g/mol. The molecule has 0 aromatic heterocycles. The Morgan fingerprint density at radius 2 is 1.84 bits per heavy atom. The topological polar surface area (TPSA) is 15.3 Å². The van der Waals surface area contributed by atoms with Crippen molar-refractivity contribution in [3.05, 3.63) is 35.9 Å². The van der Waals surface area contributed by atoms with Crippen LogP contribution in [0, 0.1) is 11.8 Å². The van der Waals surface area contributed by atoms with Crippen molar-refractivity contribution in [2.24, 2.45) is 11.8 Å². The van der Waals surface area contributed by atoms with Crippen molar-refractivity contribution in [1.82, 2.24) is 10.2 Å². The lowest BCUT2D eigenvalue weighted by Crippen LogP contribution is -2.54. The van der Waals surface area contributed by atoms with Crippen molar-refractivity contribution < 1.29 is 0 Å². The summed E-state index contributed by atoms with van der Waals surface area (Å²) in [6.45, 7) is 3.75. The molecule has 3 aliphatic rings. The molecule has 0 bridgehead atoms. The van der Waals surface area contributed by atoms with E-state index in [0.717, 1.165) is 17.9 Å². The summed E-state index contributed by atoms with van der Waals surface area (Å²) in [5, 5.41) is 3.79. The van der Waals surface area contributed by atoms with Gasteiger partial charge in [0.05, 0.1) is 0 Å². The molecule has 2 heteroatoms. The average molecular weight is 256 g/mol. The third-order valence-electron chi connectivity index (χ3n) is 5.02. The van der Waals surface area contributed by atoms with Gasteiger partial charge in [-0.25, -0.2) is 0 Å². The molecule has 0 amide bonds. The highest BCUT2D eigenvalue weighted by Crippen LogP contribution is 2.39. The van der Waals surface area contributed by atoms with Crippen molar-refractivity contribution in [2.45, 2.75) is 37.8 Å². The first-order chi connectivity index (χ1) is 9.40. The molecule has 1 aromatic carbocycles. The quantitative estimate of drug-likeness (QED) is 0.891. The monoisotopic (exact) mass is 256 g/mol. The van der Waals surface area contributed by atoms with Crippen molar-refractivity contribution in [2.75, 3.05) is 19.6 Å². The summed E-state index contributed by atoms with van der Waals surface area (Å²) in [6, 6.07) is 12.3. The van der Waals surface area contributed by atoms with Gasteiger partial charge < -0.3 is 5.32 Å². The van der Waals surface area contributed by atoms with Crippen molar-refractivity contribution in [3.8, 4) is 0 Å². The lowest BCUT2D eigenvalue weighted by atomic mass is 9.99. The van der Waals surface area contributed by atoms with Gasteiger partial charge in [-0.3, -0.25) is 4.90 Å². The van der Waals surface area contributed by atoms with Crippen molar-refractivity contribution in [1.29, 1.82) is 0 Å². The smallest absolute Gasteiger partial charge is 0.0449 e. The highest BCUT2D eigenvalue weighted by atomic mass is 15.2. The van der Waals surface area contributed by atoms with Crippen LogP contribution in [0.1, 0.15) is 37.3 Å². The van der Waals surface area contributed by atoms with Gasteiger partial charge in [0.15, 0.2) is 0 Å². The zero-order valence-electron chi connectivity index (χ0n) is 11.6. The number of rotatable bonds is 4. The van der Waals surface area contributed by atoms with Gasteiger partial charge >= 0.3 is 0 Å². The minimum absolute atomic E-state index is 0.537. The second kappa shape index (κ2) is 4.92. The Morgan fingerprint density at radius 3 is 2.53 bits per heavy atom. The SMILES string of the molecule is c1ccc(C2CN(CC3CC3)C(C3CC3)CN2)cc1. The zero-order chi connectivity index (χ0) is 12.7. The number of nitrogens with zero attached hydrogens (tertiary/aromatic N) is 1. The number of hydrogen-bond acceptors (Lipinski definition) is 2. The van der Waals surface area contributed by atoms with Gasteiger partial charge in [0, 0.05) is 31.7 Å². The highest BCUT2D eigenvalue weighted by molar-refractivity contribution is 5.20. The van der Waals surface area contributed by atoms with Crippen LogP contribution in [0.3, 0.4) is 0 Å². The Balaban J connectivity index is 1.47. The van der Waals surface area contributed by atoms with Crippen molar-refractivity contribution >= 4 is 0 Å². The molecule has 2 unspecified atom stereocenters. The molecule has 0 spiro atoms. The molecule has 3 fully saturated rings. The van der Waals surface area contributed by atoms with Gasteiger partial charge in [0.1, 0.15) is 0 Å². The first-order valence-corrected chi connectivity index (χ1v) is 7.92. The summed E-state index contributed by atoms with van der Waals surface area (Å²) >= 11 is 0. The van der Waals surface area contributed by atoms with E-state index in [4.69, 9.17) is 0 Å². The molecule has 102 valence electrons. The second-order valence-corrected chi connectivity index (χ2v) is 6.67. The van der Waals surface area contributed by atoms with Crippen LogP contribution in [0.2, 0.25) is 0 Å². The van der Waals surface area contributed by atoms with E-state index in [0.29, 0.717) is 6.04 Å². The summed E-state index contributed by atoms with van der Waals surface area (Å²) in [7, 11) is 0. The zero-order valence-corrected chi connectivity index (χ0v) is 11.6. The number of hydrogen-bond donors (Lipinski definition) is 1. The fourth-order valence-corrected chi connectivity index (χ4v) is 3.52. The van der Waals surface area contributed by atoms with E-state index < -0.39 is 0 Å². The van der Waals surface area contributed by atoms with Gasteiger partial charge in [-0.15, -0.1) is 0 Å². The third-order valence-corrected chi connectivity index (χ3v) is 5.02. The third kappa shape index (κ3) is 2.70. The predicted octanol–water partition coefficient (Wildman–Crippen LogP) is 2.82. The largest absolute Gasteiger partial charge is 0.307 e. The Hall–Kier alpha value is -0.860. The normalized spacial score (nSPS) is 32.4. The van der Waals surface area contributed by atoms with E-state index in [2.05, 4.69) is 40.5 Å². The summed E-state index contributed by atoms with van der Waals surface area (Å²) in [6.07, 6.45) is 5.86. The van der Waals surface area contributed by atoms with E-state index in [9.17, 15) is 0 Å². The van der Waals surface area contributed by atoms with Gasteiger partial charge in [0.25, 0.3) is 0 Å². The first kappa shape index (κ1) is 11.9. The van der Waals surface area contributed by atoms with Gasteiger partial charge in [0.2, 0.25) is 0 Å². The van der Waals surface area contributed by atoms with E-state index >= 15 is 0 Å². The van der Waals surface area contributed by atoms with E-state index in [1.54, 1.807) is 0 Å². The molecular formula is C17H24N2. The number of nitrogens with one attached hydrogen (secondary N) is 1. The van der Waals surface area contributed by atoms with Gasteiger partial charge in [-0.05, 0) is 43.1 Å².